The molecule has 0 aliphatic rings. The molecule has 5 nitrogen and oxygen atoms in total. The average Bonchev–Trinajstić information content (AvgIpc) is 3.21. The summed E-state index contributed by atoms with van der Waals surface area (Å²) in [5.74, 6) is 0.738. The number of allylic oxidation sites excluding steroid dienone is 4. The second-order valence-corrected chi connectivity index (χ2v) is 18.3. The highest BCUT2D eigenvalue weighted by Crippen LogP contribution is 2.29. The van der Waals surface area contributed by atoms with Gasteiger partial charge < -0.3 is 14.4 Å². The number of hydrogen-bond acceptors (Lipinski definition) is 5. The zero-order valence-electron chi connectivity index (χ0n) is 40.3. The molecule has 342 valence electrons. The molecule has 0 saturated carbocycles. The Hall–Kier alpha value is -1.62. The number of nitrogens with zero attached hydrogens (tertiary/aromatic N) is 1. The third-order valence-corrected chi connectivity index (χ3v) is 12.4. The zero-order valence-corrected chi connectivity index (χ0v) is 40.3. The number of ether oxygens (including phenoxy) is 2. The largest absolute Gasteiger partial charge is 0.461 e. The highest BCUT2D eigenvalue weighted by molar-refractivity contribution is 5.73. The Morgan fingerprint density at radius 3 is 1.22 bits per heavy atom. The summed E-state index contributed by atoms with van der Waals surface area (Å²) >= 11 is 0. The van der Waals surface area contributed by atoms with E-state index < -0.39 is 6.10 Å². The Kier molecular flexibility index (Phi) is 40.9. The van der Waals surface area contributed by atoms with E-state index in [2.05, 4.69) is 65.8 Å². The average molecular weight is 816 g/mol. The monoisotopic (exact) mass is 816 g/mol. The normalized spacial score (nSPS) is 14.6. The molecule has 0 aromatic heterocycles. The Morgan fingerprint density at radius 1 is 0.466 bits per heavy atom. The van der Waals surface area contributed by atoms with Crippen molar-refractivity contribution in [1.82, 2.24) is 4.90 Å². The first-order chi connectivity index (χ1) is 28.3. The minimum Gasteiger partial charge on any atom is -0.461 e. The standard InChI is InChI=1S/C53H101NO4/c1-9-15-19-21-23-25-27-29-31-33-35-37-41-49(43-47(13-5)39-17-11-3)52(55)57-46-51(45-54(7)8)58-53(56)50(44-48(14-6)40-18-12-4)42-38-36-34-32-30-28-26-24-22-20-16-10-2/h25-28,47-51H,9-24,29-46H2,1-8H3/b27-25-,28-26-. The quantitative estimate of drug-likeness (QED) is 0.0349. The molecule has 0 aliphatic carbocycles. The Morgan fingerprint density at radius 2 is 0.845 bits per heavy atom. The Bertz CT molecular complexity index is 960. The van der Waals surface area contributed by atoms with Gasteiger partial charge in [0.15, 0.2) is 0 Å². The minimum atomic E-state index is -0.458. The summed E-state index contributed by atoms with van der Waals surface area (Å²) in [6, 6.07) is 0. The van der Waals surface area contributed by atoms with Crippen molar-refractivity contribution in [3.8, 4) is 0 Å². The van der Waals surface area contributed by atoms with E-state index in [1.54, 1.807) is 0 Å². The second-order valence-electron chi connectivity index (χ2n) is 18.3. The number of unbranched alkanes of at least 4 members (excludes halogenated alkanes) is 18. The van der Waals surface area contributed by atoms with E-state index in [0.29, 0.717) is 18.4 Å². The maximum Gasteiger partial charge on any atom is 0.309 e. The smallest absolute Gasteiger partial charge is 0.309 e. The number of carbonyl (C=O) groups excluding carboxylic acids is 2. The van der Waals surface area contributed by atoms with Gasteiger partial charge in [-0.3, -0.25) is 9.59 Å². The van der Waals surface area contributed by atoms with Crippen LogP contribution in [0.1, 0.15) is 247 Å². The number of hydrogen-bond donors (Lipinski definition) is 0. The molecular formula is C53H101NO4. The SMILES string of the molecule is CCCCCC/C=C\CCCCCCC(CC(CC)CCCC)C(=O)OCC(CN(C)C)OC(=O)C(CCCCCC/C=C\CCCCCC)CC(CC)CCCC. The van der Waals surface area contributed by atoms with Gasteiger partial charge in [0.2, 0.25) is 0 Å². The molecule has 0 aliphatic heterocycles. The second kappa shape index (κ2) is 42.1. The number of carbonyl (C=O) groups is 2. The van der Waals surface area contributed by atoms with Gasteiger partial charge in [-0.05, 0) is 103 Å². The van der Waals surface area contributed by atoms with E-state index in [-0.39, 0.29) is 30.4 Å². The van der Waals surface area contributed by atoms with E-state index in [1.807, 2.05) is 19.0 Å². The van der Waals surface area contributed by atoms with Crippen LogP contribution >= 0.6 is 0 Å². The lowest BCUT2D eigenvalue weighted by atomic mass is 9.86. The van der Waals surface area contributed by atoms with Gasteiger partial charge in [-0.25, -0.2) is 0 Å². The highest BCUT2D eigenvalue weighted by atomic mass is 16.6. The van der Waals surface area contributed by atoms with Crippen LogP contribution in [0.2, 0.25) is 0 Å². The van der Waals surface area contributed by atoms with Crippen molar-refractivity contribution in [2.45, 2.75) is 253 Å². The van der Waals surface area contributed by atoms with Gasteiger partial charge in [-0.15, -0.1) is 0 Å². The number of likely N-dealkylation sites (N-methyl/N-ethyl adjacent to an activating group) is 1. The summed E-state index contributed by atoms with van der Waals surface area (Å²) in [5, 5.41) is 0. The maximum atomic E-state index is 14.0. The van der Waals surface area contributed by atoms with Crippen molar-refractivity contribution in [3.63, 3.8) is 0 Å². The topological polar surface area (TPSA) is 55.8 Å². The van der Waals surface area contributed by atoms with Gasteiger partial charge in [-0.2, -0.15) is 0 Å². The van der Waals surface area contributed by atoms with Crippen molar-refractivity contribution in [2.24, 2.45) is 23.7 Å². The van der Waals surface area contributed by atoms with E-state index in [4.69, 9.17) is 9.47 Å². The fraction of sp³-hybridized carbons (Fsp3) is 0.887. The fourth-order valence-corrected chi connectivity index (χ4v) is 8.38. The summed E-state index contributed by atoms with van der Waals surface area (Å²) < 4.78 is 12.5. The molecule has 0 bridgehead atoms. The molecule has 5 atom stereocenters. The van der Waals surface area contributed by atoms with E-state index >= 15 is 0 Å². The number of esters is 2. The van der Waals surface area contributed by atoms with Crippen LogP contribution in [0, 0.1) is 23.7 Å². The van der Waals surface area contributed by atoms with Crippen LogP contribution in [0.4, 0.5) is 0 Å². The van der Waals surface area contributed by atoms with Crippen LogP contribution in [0.5, 0.6) is 0 Å². The molecule has 0 heterocycles. The molecule has 5 heteroatoms. The van der Waals surface area contributed by atoms with Gasteiger partial charge in [0, 0.05) is 6.54 Å². The van der Waals surface area contributed by atoms with Crippen LogP contribution in [0.3, 0.4) is 0 Å². The fourth-order valence-electron chi connectivity index (χ4n) is 8.38. The van der Waals surface area contributed by atoms with Gasteiger partial charge in [0.1, 0.15) is 12.7 Å². The molecule has 0 spiro atoms. The first-order valence-corrected chi connectivity index (χ1v) is 25.6. The predicted molar refractivity (Wildman–Crippen MR) is 253 cm³/mol. The first-order valence-electron chi connectivity index (χ1n) is 25.6. The first kappa shape index (κ1) is 56.4. The molecule has 0 radical (unpaired) electrons. The highest BCUT2D eigenvalue weighted by Gasteiger charge is 2.29. The van der Waals surface area contributed by atoms with Gasteiger partial charge in [-0.1, -0.05) is 194 Å². The van der Waals surface area contributed by atoms with Crippen LogP contribution < -0.4 is 0 Å². The Labute approximate surface area is 363 Å². The summed E-state index contributed by atoms with van der Waals surface area (Å²) in [6.45, 7) is 14.3. The van der Waals surface area contributed by atoms with Crippen LogP contribution in [0.25, 0.3) is 0 Å². The number of rotatable bonds is 43. The van der Waals surface area contributed by atoms with Gasteiger partial charge in [0.25, 0.3) is 0 Å². The summed E-state index contributed by atoms with van der Waals surface area (Å²) in [5.41, 5.74) is 0. The third kappa shape index (κ3) is 34.1. The summed E-state index contributed by atoms with van der Waals surface area (Å²) in [6.07, 6.45) is 46.6. The van der Waals surface area contributed by atoms with E-state index in [9.17, 15) is 9.59 Å². The van der Waals surface area contributed by atoms with Crippen molar-refractivity contribution in [1.29, 1.82) is 0 Å². The molecule has 0 saturated heterocycles. The van der Waals surface area contributed by atoms with Gasteiger partial charge >= 0.3 is 11.9 Å². The molecule has 0 amide bonds. The molecular weight excluding hydrogens is 715 g/mol. The molecule has 0 fully saturated rings. The lowest BCUT2D eigenvalue weighted by Crippen LogP contribution is -2.37. The molecule has 0 N–H and O–H groups in total. The zero-order chi connectivity index (χ0) is 42.9. The van der Waals surface area contributed by atoms with E-state index in [1.165, 1.54) is 128 Å². The maximum absolute atomic E-state index is 14.0. The molecule has 5 unspecified atom stereocenters. The van der Waals surface area contributed by atoms with Crippen LogP contribution in [-0.4, -0.2) is 50.2 Å². The summed E-state index contributed by atoms with van der Waals surface area (Å²) in [7, 11) is 4.01. The summed E-state index contributed by atoms with van der Waals surface area (Å²) in [4.78, 5) is 29.9. The van der Waals surface area contributed by atoms with Crippen LogP contribution in [0.15, 0.2) is 24.3 Å². The minimum absolute atomic E-state index is 0.0848. The predicted octanol–water partition coefficient (Wildman–Crippen LogP) is 16.2. The molecule has 0 aromatic rings. The van der Waals surface area contributed by atoms with Crippen molar-refractivity contribution in [2.75, 3.05) is 27.2 Å². The van der Waals surface area contributed by atoms with Crippen LogP contribution in [-0.2, 0) is 19.1 Å². The van der Waals surface area contributed by atoms with Crippen molar-refractivity contribution >= 4 is 11.9 Å². The Balaban J connectivity index is 5.36. The lowest BCUT2D eigenvalue weighted by molar-refractivity contribution is -0.166. The van der Waals surface area contributed by atoms with Crippen molar-refractivity contribution < 1.29 is 19.1 Å². The lowest BCUT2D eigenvalue weighted by Gasteiger charge is -2.27. The van der Waals surface area contributed by atoms with E-state index in [0.717, 1.165) is 77.0 Å². The molecule has 0 aromatic carbocycles. The molecule has 58 heavy (non-hydrogen) atoms. The third-order valence-electron chi connectivity index (χ3n) is 12.4. The van der Waals surface area contributed by atoms with Crippen molar-refractivity contribution in [3.05, 3.63) is 24.3 Å². The molecule has 0 rings (SSSR count). The van der Waals surface area contributed by atoms with Gasteiger partial charge in [0.05, 0.1) is 11.8 Å².